The van der Waals surface area contributed by atoms with Crippen molar-refractivity contribution in [1.82, 2.24) is 10.3 Å². The van der Waals surface area contributed by atoms with Gasteiger partial charge >= 0.3 is 0 Å². The minimum atomic E-state index is 0.600. The fourth-order valence-corrected chi connectivity index (χ4v) is 2.93. The van der Waals surface area contributed by atoms with E-state index in [0.717, 1.165) is 29.4 Å². The number of rotatable bonds is 7. The summed E-state index contributed by atoms with van der Waals surface area (Å²) in [5.74, 6) is 2.12. The molecule has 1 aromatic heterocycles. The molecule has 0 unspecified atom stereocenters. The molecule has 130 valence electrons. The molecule has 0 saturated heterocycles. The van der Waals surface area contributed by atoms with Crippen LogP contribution >= 0.6 is 11.3 Å². The Morgan fingerprint density at radius 1 is 1.33 bits per heavy atom. The van der Waals surface area contributed by atoms with Gasteiger partial charge in [-0.1, -0.05) is 0 Å². The van der Waals surface area contributed by atoms with Gasteiger partial charge in [-0.15, -0.1) is 11.3 Å². The predicted molar refractivity (Wildman–Crippen MR) is 99.7 cm³/mol. The van der Waals surface area contributed by atoms with E-state index in [2.05, 4.69) is 27.5 Å². The normalized spacial score (nSPS) is 11.2. The van der Waals surface area contributed by atoms with Crippen molar-refractivity contribution < 1.29 is 9.47 Å². The zero-order chi connectivity index (χ0) is 17.4. The molecule has 24 heavy (non-hydrogen) atoms. The van der Waals surface area contributed by atoms with Gasteiger partial charge in [0, 0.05) is 42.8 Å². The molecule has 0 fully saturated rings. The van der Waals surface area contributed by atoms with E-state index in [1.54, 1.807) is 25.5 Å². The van der Waals surface area contributed by atoms with Crippen LogP contribution in [-0.4, -0.2) is 38.3 Å². The lowest BCUT2D eigenvalue weighted by Gasteiger charge is -2.14. The van der Waals surface area contributed by atoms with E-state index in [4.69, 9.17) is 9.47 Å². The SMILES string of the molecule is CCOc1ccc(NC(=NC)NCCc2ncc(C)s2)cc1OC. The Bertz CT molecular complexity index is 685. The zero-order valence-corrected chi connectivity index (χ0v) is 15.4. The highest BCUT2D eigenvalue weighted by molar-refractivity contribution is 7.11. The smallest absolute Gasteiger partial charge is 0.195 e. The van der Waals surface area contributed by atoms with Crippen LogP contribution in [0.5, 0.6) is 11.5 Å². The molecule has 0 radical (unpaired) electrons. The maximum Gasteiger partial charge on any atom is 0.195 e. The largest absolute Gasteiger partial charge is 0.493 e. The molecule has 0 aliphatic carbocycles. The number of hydrogen-bond acceptors (Lipinski definition) is 5. The number of nitrogens with one attached hydrogen (secondary N) is 2. The van der Waals surface area contributed by atoms with Crippen molar-refractivity contribution in [1.29, 1.82) is 0 Å². The predicted octanol–water partition coefficient (Wildman–Crippen LogP) is 3.09. The van der Waals surface area contributed by atoms with E-state index < -0.39 is 0 Å². The fraction of sp³-hybridized carbons (Fsp3) is 0.412. The number of thiazole rings is 1. The lowest BCUT2D eigenvalue weighted by Crippen LogP contribution is -2.32. The Labute approximate surface area is 146 Å². The Balaban J connectivity index is 1.92. The summed E-state index contributed by atoms with van der Waals surface area (Å²) in [7, 11) is 3.37. The highest BCUT2D eigenvalue weighted by atomic mass is 32.1. The van der Waals surface area contributed by atoms with Crippen molar-refractivity contribution in [2.75, 3.05) is 32.6 Å². The van der Waals surface area contributed by atoms with Crippen molar-refractivity contribution in [3.05, 3.63) is 34.3 Å². The van der Waals surface area contributed by atoms with Crippen LogP contribution in [0, 0.1) is 6.92 Å². The third-order valence-corrected chi connectivity index (χ3v) is 4.22. The first-order valence-electron chi connectivity index (χ1n) is 7.86. The third-order valence-electron chi connectivity index (χ3n) is 3.25. The number of ether oxygens (including phenoxy) is 2. The van der Waals surface area contributed by atoms with Gasteiger partial charge in [0.05, 0.1) is 18.7 Å². The summed E-state index contributed by atoms with van der Waals surface area (Å²) >= 11 is 1.72. The topological polar surface area (TPSA) is 67.8 Å². The van der Waals surface area contributed by atoms with Gasteiger partial charge in [-0.25, -0.2) is 4.98 Å². The molecule has 1 aromatic carbocycles. The average Bonchev–Trinajstić information content (AvgIpc) is 3.00. The van der Waals surface area contributed by atoms with Gasteiger partial charge in [-0.3, -0.25) is 4.99 Å². The molecule has 2 rings (SSSR count). The summed E-state index contributed by atoms with van der Waals surface area (Å²) in [4.78, 5) is 9.83. The molecule has 6 nitrogen and oxygen atoms in total. The zero-order valence-electron chi connectivity index (χ0n) is 14.5. The molecule has 0 saturated carbocycles. The molecule has 1 heterocycles. The molecule has 0 aliphatic rings. The molecule has 2 N–H and O–H groups in total. The molecule has 7 heteroatoms. The van der Waals surface area contributed by atoms with E-state index >= 15 is 0 Å². The van der Waals surface area contributed by atoms with Gasteiger partial charge < -0.3 is 20.1 Å². The average molecular weight is 348 g/mol. The number of aliphatic imine (C=N–C) groups is 1. The van der Waals surface area contributed by atoms with Gasteiger partial charge in [-0.05, 0) is 26.0 Å². The minimum absolute atomic E-state index is 0.600. The first-order valence-corrected chi connectivity index (χ1v) is 8.67. The molecule has 0 bridgehead atoms. The number of hydrogen-bond donors (Lipinski definition) is 2. The van der Waals surface area contributed by atoms with Gasteiger partial charge in [0.2, 0.25) is 0 Å². The van der Waals surface area contributed by atoms with E-state index in [-0.39, 0.29) is 0 Å². The molecular weight excluding hydrogens is 324 g/mol. The number of methoxy groups -OCH3 is 1. The Hall–Kier alpha value is -2.28. The summed E-state index contributed by atoms with van der Waals surface area (Å²) in [5.41, 5.74) is 0.883. The quantitative estimate of drug-likeness (QED) is 0.594. The summed E-state index contributed by atoms with van der Waals surface area (Å²) in [6, 6.07) is 5.71. The van der Waals surface area contributed by atoms with Crippen LogP contribution in [0.4, 0.5) is 5.69 Å². The first kappa shape index (κ1) is 18.1. The lowest BCUT2D eigenvalue weighted by molar-refractivity contribution is 0.311. The van der Waals surface area contributed by atoms with Crippen LogP contribution < -0.4 is 20.1 Å². The minimum Gasteiger partial charge on any atom is -0.493 e. The molecule has 0 atom stereocenters. The van der Waals surface area contributed by atoms with Crippen molar-refractivity contribution in [3.8, 4) is 11.5 Å². The number of nitrogens with zero attached hydrogens (tertiary/aromatic N) is 2. The Morgan fingerprint density at radius 3 is 2.79 bits per heavy atom. The van der Waals surface area contributed by atoms with Crippen LogP contribution in [0.3, 0.4) is 0 Å². The molecule has 0 amide bonds. The molecule has 0 aliphatic heterocycles. The maximum atomic E-state index is 5.53. The summed E-state index contributed by atoms with van der Waals surface area (Å²) < 4.78 is 10.9. The second kappa shape index (κ2) is 9.12. The first-order chi connectivity index (χ1) is 11.7. The van der Waals surface area contributed by atoms with Crippen LogP contribution in [0.2, 0.25) is 0 Å². The summed E-state index contributed by atoms with van der Waals surface area (Å²) in [5, 5.41) is 7.66. The molecular formula is C17H24N4O2S. The van der Waals surface area contributed by atoms with Crippen LogP contribution in [0.1, 0.15) is 16.8 Å². The number of guanidine groups is 1. The lowest BCUT2D eigenvalue weighted by atomic mass is 10.2. The Morgan fingerprint density at radius 2 is 2.17 bits per heavy atom. The number of aromatic nitrogens is 1. The van der Waals surface area contributed by atoms with Gasteiger partial charge in [0.25, 0.3) is 0 Å². The van der Waals surface area contributed by atoms with E-state index in [1.807, 2.05) is 31.3 Å². The van der Waals surface area contributed by atoms with Crippen molar-refractivity contribution in [2.24, 2.45) is 4.99 Å². The standard InChI is InChI=1S/C17H24N4O2S/c1-5-23-14-7-6-13(10-15(14)22-4)21-17(18-3)19-9-8-16-20-11-12(2)24-16/h6-7,10-11H,5,8-9H2,1-4H3,(H2,18,19,21). The van der Waals surface area contributed by atoms with E-state index in [1.165, 1.54) is 4.88 Å². The second-order valence-electron chi connectivity index (χ2n) is 5.04. The number of benzene rings is 1. The second-order valence-corrected chi connectivity index (χ2v) is 6.36. The molecule has 2 aromatic rings. The highest BCUT2D eigenvalue weighted by Crippen LogP contribution is 2.30. The van der Waals surface area contributed by atoms with Crippen molar-refractivity contribution in [2.45, 2.75) is 20.3 Å². The molecule has 0 spiro atoms. The Kier molecular flexibility index (Phi) is 6.87. The van der Waals surface area contributed by atoms with Crippen molar-refractivity contribution in [3.63, 3.8) is 0 Å². The van der Waals surface area contributed by atoms with Crippen LogP contribution in [-0.2, 0) is 6.42 Å². The van der Waals surface area contributed by atoms with E-state index in [0.29, 0.717) is 18.3 Å². The summed E-state index contributed by atoms with van der Waals surface area (Å²) in [6.45, 7) is 5.37. The van der Waals surface area contributed by atoms with Gasteiger partial charge in [0.15, 0.2) is 17.5 Å². The van der Waals surface area contributed by atoms with Crippen LogP contribution in [0.15, 0.2) is 29.4 Å². The van der Waals surface area contributed by atoms with Crippen LogP contribution in [0.25, 0.3) is 0 Å². The van der Waals surface area contributed by atoms with Crippen molar-refractivity contribution >= 4 is 23.0 Å². The monoisotopic (exact) mass is 348 g/mol. The van der Waals surface area contributed by atoms with Gasteiger partial charge in [-0.2, -0.15) is 0 Å². The van der Waals surface area contributed by atoms with E-state index in [9.17, 15) is 0 Å². The number of aryl methyl sites for hydroxylation is 1. The van der Waals surface area contributed by atoms with Gasteiger partial charge in [0.1, 0.15) is 0 Å². The summed E-state index contributed by atoms with van der Waals surface area (Å²) in [6.07, 6.45) is 2.77. The maximum absolute atomic E-state index is 5.53. The number of anilines is 1. The fourth-order valence-electron chi connectivity index (χ4n) is 2.14. The third kappa shape index (κ3) is 5.13. The highest BCUT2D eigenvalue weighted by Gasteiger charge is 2.07.